The molecule has 0 unspecified atom stereocenters. The van der Waals surface area contributed by atoms with E-state index in [1.165, 1.54) is 0 Å². The highest BCUT2D eigenvalue weighted by Gasteiger charge is 2.35. The Bertz CT molecular complexity index is 430. The maximum atomic E-state index is 12.6. The second kappa shape index (κ2) is 8.45. The highest BCUT2D eigenvalue weighted by Crippen LogP contribution is 2.20. The summed E-state index contributed by atoms with van der Waals surface area (Å²) in [5.74, 6) is 0.321. The van der Waals surface area contributed by atoms with E-state index in [1.807, 2.05) is 4.90 Å². The van der Waals surface area contributed by atoms with Crippen LogP contribution in [0.2, 0.25) is 0 Å². The molecule has 130 valence electrons. The first-order valence-electron chi connectivity index (χ1n) is 8.67. The van der Waals surface area contributed by atoms with Gasteiger partial charge in [0.2, 0.25) is 11.8 Å². The van der Waals surface area contributed by atoms with Crippen LogP contribution >= 0.6 is 0 Å². The van der Waals surface area contributed by atoms with Gasteiger partial charge in [-0.25, -0.2) is 0 Å². The van der Waals surface area contributed by atoms with Crippen molar-refractivity contribution >= 4 is 11.8 Å². The minimum absolute atomic E-state index is 0.0305. The first-order chi connectivity index (χ1) is 11.0. The molecular weight excluding hydrogens is 292 g/mol. The van der Waals surface area contributed by atoms with Crippen LogP contribution in [0.25, 0.3) is 0 Å². The molecule has 0 aromatic rings. The first-order valence-corrected chi connectivity index (χ1v) is 8.67. The van der Waals surface area contributed by atoms with E-state index in [0.717, 1.165) is 45.6 Å². The number of piperidine rings is 1. The average molecular weight is 322 g/mol. The van der Waals surface area contributed by atoms with E-state index in [4.69, 9.17) is 0 Å². The lowest BCUT2D eigenvalue weighted by Crippen LogP contribution is -2.59. The molecule has 0 aromatic carbocycles. The van der Waals surface area contributed by atoms with E-state index < -0.39 is 0 Å². The Hall–Kier alpha value is -1.40. The number of nitrogens with zero attached hydrogens (tertiary/aromatic N) is 3. The van der Waals surface area contributed by atoms with Crippen molar-refractivity contribution in [2.24, 2.45) is 0 Å². The summed E-state index contributed by atoms with van der Waals surface area (Å²) >= 11 is 0. The van der Waals surface area contributed by atoms with Crippen molar-refractivity contribution in [1.82, 2.24) is 20.0 Å². The number of hydrogen-bond acceptors (Lipinski definition) is 4. The van der Waals surface area contributed by atoms with Crippen LogP contribution in [0.4, 0.5) is 0 Å². The number of amides is 2. The van der Waals surface area contributed by atoms with Crippen molar-refractivity contribution in [3.05, 3.63) is 12.7 Å². The molecule has 23 heavy (non-hydrogen) atoms. The highest BCUT2D eigenvalue weighted by molar-refractivity contribution is 5.83. The summed E-state index contributed by atoms with van der Waals surface area (Å²) in [6, 6.07) is 0.308. The third-order valence-corrected chi connectivity index (χ3v) is 4.73. The lowest BCUT2D eigenvalue weighted by Gasteiger charge is -2.43. The minimum atomic E-state index is 0.0305. The first kappa shape index (κ1) is 17.9. The van der Waals surface area contributed by atoms with Crippen LogP contribution in [0, 0.1) is 0 Å². The van der Waals surface area contributed by atoms with Gasteiger partial charge in [0.1, 0.15) is 0 Å². The fourth-order valence-electron chi connectivity index (χ4n) is 3.41. The number of rotatable bonds is 6. The van der Waals surface area contributed by atoms with E-state index in [2.05, 4.69) is 35.5 Å². The number of nitrogens with one attached hydrogen (secondary N) is 1. The van der Waals surface area contributed by atoms with Crippen molar-refractivity contribution in [3.63, 3.8) is 0 Å². The lowest BCUT2D eigenvalue weighted by molar-refractivity contribution is -0.143. The molecule has 0 saturated carbocycles. The third-order valence-electron chi connectivity index (χ3n) is 4.73. The van der Waals surface area contributed by atoms with E-state index in [9.17, 15) is 9.59 Å². The van der Waals surface area contributed by atoms with E-state index >= 15 is 0 Å². The molecule has 2 amide bonds. The normalized spacial score (nSPS) is 24.0. The Morgan fingerprint density at radius 2 is 2.00 bits per heavy atom. The molecule has 1 atom stereocenters. The second-order valence-corrected chi connectivity index (χ2v) is 6.69. The van der Waals surface area contributed by atoms with Crippen LogP contribution in [-0.4, -0.2) is 84.4 Å². The molecule has 2 aliphatic heterocycles. The molecular formula is C17H30N4O2. The Labute approximate surface area is 139 Å². The van der Waals surface area contributed by atoms with Crippen LogP contribution in [-0.2, 0) is 9.59 Å². The summed E-state index contributed by atoms with van der Waals surface area (Å²) in [4.78, 5) is 30.8. The van der Waals surface area contributed by atoms with Crippen LogP contribution in [0.15, 0.2) is 12.7 Å². The third kappa shape index (κ3) is 4.78. The maximum Gasteiger partial charge on any atom is 0.240 e. The minimum Gasteiger partial charge on any atom is -0.352 e. The monoisotopic (exact) mass is 322 g/mol. The molecule has 0 aliphatic carbocycles. The van der Waals surface area contributed by atoms with Gasteiger partial charge in [0.05, 0.1) is 12.6 Å². The quantitative estimate of drug-likeness (QED) is 0.715. The second-order valence-electron chi connectivity index (χ2n) is 6.69. The van der Waals surface area contributed by atoms with Gasteiger partial charge in [-0.1, -0.05) is 6.08 Å². The zero-order valence-electron chi connectivity index (χ0n) is 14.5. The summed E-state index contributed by atoms with van der Waals surface area (Å²) in [5, 5.41) is 2.81. The van der Waals surface area contributed by atoms with Crippen molar-refractivity contribution in [2.75, 3.05) is 45.8 Å². The molecule has 0 bridgehead atoms. The topological polar surface area (TPSA) is 55.9 Å². The summed E-state index contributed by atoms with van der Waals surface area (Å²) < 4.78 is 0. The smallest absolute Gasteiger partial charge is 0.240 e. The fourth-order valence-corrected chi connectivity index (χ4v) is 3.41. The lowest BCUT2D eigenvalue weighted by atomic mass is 10.0. The van der Waals surface area contributed by atoms with Crippen molar-refractivity contribution in [1.29, 1.82) is 0 Å². The maximum absolute atomic E-state index is 12.6. The summed E-state index contributed by atoms with van der Waals surface area (Å²) in [5.41, 5.74) is 0. The standard InChI is InChI=1S/C17H30N4O2/c1-4-7-18-16(22)13-19-9-11-20(12-10-19)15-6-5-8-21(14(2)3)17(15)23/h4,14-15H,1,5-13H2,2-3H3,(H,18,22)/t15-/m0/s1. The molecule has 2 saturated heterocycles. The molecule has 0 spiro atoms. The fraction of sp³-hybridized carbons (Fsp3) is 0.765. The summed E-state index contributed by atoms with van der Waals surface area (Å²) in [6.07, 6.45) is 3.73. The van der Waals surface area contributed by atoms with E-state index in [1.54, 1.807) is 6.08 Å². The molecule has 6 nitrogen and oxygen atoms in total. The van der Waals surface area contributed by atoms with Gasteiger partial charge >= 0.3 is 0 Å². The van der Waals surface area contributed by atoms with Crippen molar-refractivity contribution in [3.8, 4) is 0 Å². The Morgan fingerprint density at radius 3 is 2.61 bits per heavy atom. The van der Waals surface area contributed by atoms with Gasteiger partial charge in [0.25, 0.3) is 0 Å². The van der Waals surface area contributed by atoms with Gasteiger partial charge in [-0.15, -0.1) is 6.58 Å². The Balaban J connectivity index is 1.80. The van der Waals surface area contributed by atoms with E-state index in [-0.39, 0.29) is 23.9 Å². The molecule has 6 heteroatoms. The zero-order chi connectivity index (χ0) is 16.8. The van der Waals surface area contributed by atoms with Gasteiger partial charge < -0.3 is 10.2 Å². The van der Waals surface area contributed by atoms with Crippen LogP contribution in [0.1, 0.15) is 26.7 Å². The molecule has 2 heterocycles. The predicted molar refractivity (Wildman–Crippen MR) is 91.1 cm³/mol. The molecule has 1 N–H and O–H groups in total. The Kier molecular flexibility index (Phi) is 6.59. The predicted octanol–water partition coefficient (Wildman–Crippen LogP) is 0.306. The number of carbonyl (C=O) groups is 2. The van der Waals surface area contributed by atoms with Crippen molar-refractivity contribution < 1.29 is 9.59 Å². The molecule has 2 aliphatic rings. The van der Waals surface area contributed by atoms with Gasteiger partial charge in [0, 0.05) is 45.3 Å². The Morgan fingerprint density at radius 1 is 1.30 bits per heavy atom. The number of piperazine rings is 1. The highest BCUT2D eigenvalue weighted by atomic mass is 16.2. The van der Waals surface area contributed by atoms with Gasteiger partial charge in [0.15, 0.2) is 0 Å². The summed E-state index contributed by atoms with van der Waals surface area (Å²) in [7, 11) is 0. The van der Waals surface area contributed by atoms with Crippen LogP contribution in [0.5, 0.6) is 0 Å². The molecule has 2 fully saturated rings. The van der Waals surface area contributed by atoms with Gasteiger partial charge in [-0.05, 0) is 26.7 Å². The van der Waals surface area contributed by atoms with E-state index in [0.29, 0.717) is 13.1 Å². The average Bonchev–Trinajstić information content (AvgIpc) is 2.54. The van der Waals surface area contributed by atoms with Crippen LogP contribution in [0.3, 0.4) is 0 Å². The molecule has 2 rings (SSSR count). The number of hydrogen-bond donors (Lipinski definition) is 1. The molecule has 0 aromatic heterocycles. The summed E-state index contributed by atoms with van der Waals surface area (Å²) in [6.45, 7) is 13.0. The SMILES string of the molecule is C=CCNC(=O)CN1CCN([C@H]2CCCN(C(C)C)C2=O)CC1. The largest absolute Gasteiger partial charge is 0.352 e. The number of likely N-dealkylation sites (tertiary alicyclic amines) is 1. The van der Waals surface area contributed by atoms with Gasteiger partial charge in [-0.3, -0.25) is 19.4 Å². The van der Waals surface area contributed by atoms with Crippen LogP contribution < -0.4 is 5.32 Å². The number of carbonyl (C=O) groups excluding carboxylic acids is 2. The zero-order valence-corrected chi connectivity index (χ0v) is 14.5. The van der Waals surface area contributed by atoms with Crippen molar-refractivity contribution in [2.45, 2.75) is 38.8 Å². The van der Waals surface area contributed by atoms with Gasteiger partial charge in [-0.2, -0.15) is 0 Å². The molecule has 0 radical (unpaired) electrons.